The van der Waals surface area contributed by atoms with Crippen LogP contribution >= 0.6 is 0 Å². The third-order valence-corrected chi connectivity index (χ3v) is 8.25. The molecule has 0 bridgehead atoms. The Bertz CT molecular complexity index is 1380. The lowest BCUT2D eigenvalue weighted by atomic mass is 9.89. The number of nitrogens with zero attached hydrogens (tertiary/aromatic N) is 3. The van der Waals surface area contributed by atoms with Crippen molar-refractivity contribution in [3.8, 4) is 0 Å². The molecule has 39 heavy (non-hydrogen) atoms. The predicted molar refractivity (Wildman–Crippen MR) is 155 cm³/mol. The number of pyridine rings is 1. The van der Waals surface area contributed by atoms with Gasteiger partial charge in [0.15, 0.2) is 5.65 Å². The first-order valence-corrected chi connectivity index (χ1v) is 14.2. The highest BCUT2D eigenvalue weighted by molar-refractivity contribution is 6.33. The molecule has 1 aliphatic heterocycles. The number of carbonyl (C=O) groups excluding carboxylic acids is 2. The minimum Gasteiger partial charge on any atom is -0.381 e. The van der Waals surface area contributed by atoms with E-state index in [0.29, 0.717) is 25.9 Å². The van der Waals surface area contributed by atoms with Gasteiger partial charge in [-0.3, -0.25) is 9.59 Å². The number of amides is 2. The molecule has 3 N–H and O–H groups in total. The predicted octanol–water partition coefficient (Wildman–Crippen LogP) is 1.88. The number of aryl methyl sites for hydroxylation is 3. The Morgan fingerprint density at radius 1 is 1.13 bits per heavy atom. The molecular weight excluding hydrogens is 491 g/mol. The molecule has 0 atom stereocenters. The van der Waals surface area contributed by atoms with Crippen molar-refractivity contribution in [3.05, 3.63) is 46.8 Å². The van der Waals surface area contributed by atoms with Crippen molar-refractivity contribution in [1.29, 1.82) is 0 Å². The minimum absolute atomic E-state index is 0.202. The van der Waals surface area contributed by atoms with Gasteiger partial charge in [-0.05, 0) is 51.5 Å². The van der Waals surface area contributed by atoms with Gasteiger partial charge in [-0.15, -0.1) is 0 Å². The topological polar surface area (TPSA) is 110 Å². The van der Waals surface area contributed by atoms with Gasteiger partial charge in [-0.25, -0.2) is 9.67 Å². The normalized spacial score (nSPS) is 16.7. The average molecular weight is 530 g/mol. The minimum atomic E-state index is -0.995. The van der Waals surface area contributed by atoms with E-state index < -0.39 is 5.41 Å². The molecule has 2 fully saturated rings. The lowest BCUT2D eigenvalue weighted by Crippen LogP contribution is -2.43. The monoisotopic (exact) mass is 530 g/mol. The number of carbonyl (C=O) groups is 2. The van der Waals surface area contributed by atoms with Gasteiger partial charge in [0.25, 0.3) is 0 Å². The van der Waals surface area contributed by atoms with Gasteiger partial charge in [0, 0.05) is 50.1 Å². The van der Waals surface area contributed by atoms with Gasteiger partial charge in [0.2, 0.25) is 11.8 Å². The molecule has 0 spiro atoms. The summed E-state index contributed by atoms with van der Waals surface area (Å²) in [5.41, 5.74) is 6.17. The smallest absolute Gasteiger partial charge is 0.235 e. The van der Waals surface area contributed by atoms with Crippen molar-refractivity contribution in [2.45, 2.75) is 78.6 Å². The number of hydrogen-bond acceptors (Lipinski definition) is 6. The van der Waals surface area contributed by atoms with Gasteiger partial charge in [-0.1, -0.05) is 36.1 Å². The highest BCUT2D eigenvalue weighted by Crippen LogP contribution is 2.46. The second kappa shape index (κ2) is 11.4. The number of hydrogen-bond donors (Lipinski definition) is 3. The van der Waals surface area contributed by atoms with E-state index in [9.17, 15) is 9.59 Å². The third-order valence-electron chi connectivity index (χ3n) is 8.25. The van der Waals surface area contributed by atoms with Crippen LogP contribution < -0.4 is 21.4 Å². The fraction of sp³-hybridized carbons (Fsp3) is 0.517. The largest absolute Gasteiger partial charge is 0.381 e. The van der Waals surface area contributed by atoms with Crippen LogP contribution in [0.15, 0.2) is 24.4 Å². The first kappa shape index (κ1) is 27.2. The average Bonchev–Trinajstić information content (AvgIpc) is 3.67. The SMILES string of the molecule is Bc1cc(CNC(=O)C2(C(=O)NCc3c(CC)nc4c(cnn4CC)c3NC3CCOCC3)CC2)ccc1C. The summed E-state index contributed by atoms with van der Waals surface area (Å²) in [6.45, 7) is 9.10. The van der Waals surface area contributed by atoms with Crippen LogP contribution in [-0.2, 0) is 40.4 Å². The van der Waals surface area contributed by atoms with Crippen LogP contribution in [0.25, 0.3) is 11.0 Å². The summed E-state index contributed by atoms with van der Waals surface area (Å²) in [7, 11) is 2.06. The van der Waals surface area contributed by atoms with E-state index in [4.69, 9.17) is 9.72 Å². The quantitative estimate of drug-likeness (QED) is 0.273. The Kier molecular flexibility index (Phi) is 7.93. The van der Waals surface area contributed by atoms with Crippen molar-refractivity contribution in [1.82, 2.24) is 25.4 Å². The molecule has 2 aromatic heterocycles. The molecule has 3 aromatic rings. The van der Waals surface area contributed by atoms with E-state index in [1.54, 1.807) is 0 Å². The molecule has 2 aliphatic rings. The van der Waals surface area contributed by atoms with Crippen molar-refractivity contribution >= 4 is 41.8 Å². The number of ether oxygens (including phenoxy) is 1. The standard InChI is InChI=1S/C29H39BN6O3/c1-4-24-21(25(34-20-8-12-39-13-9-20)22-17-33-36(5-2)26(22)35-24)16-32-28(38)29(10-11-29)27(37)31-15-19-7-6-18(3)23(30)14-19/h6-7,14,17,20H,4-5,8-13,15-16,30H2,1-3H3,(H,31,37)(H,32,38)(H,34,35). The molecule has 9 nitrogen and oxygen atoms in total. The highest BCUT2D eigenvalue weighted by atomic mass is 16.5. The van der Waals surface area contributed by atoms with Crippen LogP contribution in [0, 0.1) is 12.3 Å². The fourth-order valence-corrected chi connectivity index (χ4v) is 5.39. The molecule has 1 saturated carbocycles. The first-order chi connectivity index (χ1) is 18.9. The molecule has 5 rings (SSSR count). The summed E-state index contributed by atoms with van der Waals surface area (Å²) in [4.78, 5) is 31.5. The Labute approximate surface area is 230 Å². The molecule has 10 heteroatoms. The van der Waals surface area contributed by atoms with Crippen molar-refractivity contribution in [2.75, 3.05) is 18.5 Å². The van der Waals surface area contributed by atoms with Crippen LogP contribution in [0.3, 0.4) is 0 Å². The lowest BCUT2D eigenvalue weighted by Gasteiger charge is -2.27. The van der Waals surface area contributed by atoms with Crippen LogP contribution in [0.1, 0.15) is 61.9 Å². The van der Waals surface area contributed by atoms with Crippen molar-refractivity contribution in [3.63, 3.8) is 0 Å². The second-order valence-corrected chi connectivity index (χ2v) is 10.9. The Morgan fingerprint density at radius 3 is 2.49 bits per heavy atom. The maximum atomic E-state index is 13.4. The third kappa shape index (κ3) is 5.52. The first-order valence-electron chi connectivity index (χ1n) is 14.2. The second-order valence-electron chi connectivity index (χ2n) is 10.9. The number of fused-ring (bicyclic) bond motifs is 1. The highest BCUT2D eigenvalue weighted by Gasteiger charge is 2.56. The summed E-state index contributed by atoms with van der Waals surface area (Å²) in [6, 6.07) is 6.44. The van der Waals surface area contributed by atoms with Crippen molar-refractivity contribution < 1.29 is 14.3 Å². The Balaban J connectivity index is 1.34. The van der Waals surface area contributed by atoms with Gasteiger partial charge < -0.3 is 20.7 Å². The Hall–Kier alpha value is -3.40. The van der Waals surface area contributed by atoms with Crippen LogP contribution in [0.5, 0.6) is 0 Å². The van der Waals surface area contributed by atoms with E-state index in [0.717, 1.165) is 72.6 Å². The molecule has 0 radical (unpaired) electrons. The number of aromatic nitrogens is 3. The van der Waals surface area contributed by atoms with E-state index >= 15 is 0 Å². The number of nitrogens with one attached hydrogen (secondary N) is 3. The zero-order chi connectivity index (χ0) is 27.6. The summed E-state index contributed by atoms with van der Waals surface area (Å²) in [5, 5.41) is 15.4. The molecule has 2 amide bonds. The molecular formula is C29H39BN6O3. The summed E-state index contributed by atoms with van der Waals surface area (Å²) < 4.78 is 7.47. The van der Waals surface area contributed by atoms with E-state index in [-0.39, 0.29) is 17.9 Å². The zero-order valence-electron chi connectivity index (χ0n) is 23.5. The molecule has 3 heterocycles. The van der Waals surface area contributed by atoms with Gasteiger partial charge in [-0.2, -0.15) is 5.10 Å². The molecule has 1 saturated heterocycles. The Morgan fingerprint density at radius 2 is 1.85 bits per heavy atom. The maximum absolute atomic E-state index is 13.4. The van der Waals surface area contributed by atoms with Gasteiger partial charge >= 0.3 is 0 Å². The van der Waals surface area contributed by atoms with Crippen molar-refractivity contribution in [2.24, 2.45) is 5.41 Å². The molecule has 1 aliphatic carbocycles. The number of anilines is 1. The molecule has 0 unspecified atom stereocenters. The van der Waals surface area contributed by atoms with Crippen LogP contribution in [0.4, 0.5) is 5.69 Å². The maximum Gasteiger partial charge on any atom is 0.235 e. The van der Waals surface area contributed by atoms with E-state index in [2.05, 4.69) is 61.8 Å². The van der Waals surface area contributed by atoms with Gasteiger partial charge in [0.1, 0.15) is 13.3 Å². The van der Waals surface area contributed by atoms with E-state index in [1.807, 2.05) is 16.9 Å². The fourth-order valence-electron chi connectivity index (χ4n) is 5.39. The number of rotatable bonds is 10. The van der Waals surface area contributed by atoms with Crippen LogP contribution in [-0.4, -0.2) is 53.7 Å². The zero-order valence-corrected chi connectivity index (χ0v) is 23.5. The summed E-state index contributed by atoms with van der Waals surface area (Å²) >= 11 is 0. The number of benzene rings is 1. The molecule has 206 valence electrons. The molecule has 1 aromatic carbocycles. The summed E-state index contributed by atoms with van der Waals surface area (Å²) in [5.74, 6) is -0.421. The summed E-state index contributed by atoms with van der Waals surface area (Å²) in [6.07, 6.45) is 5.55. The van der Waals surface area contributed by atoms with E-state index in [1.165, 1.54) is 11.0 Å². The van der Waals surface area contributed by atoms with Crippen LogP contribution in [0.2, 0.25) is 0 Å². The lowest BCUT2D eigenvalue weighted by molar-refractivity contribution is -0.137. The van der Waals surface area contributed by atoms with Gasteiger partial charge in [0.05, 0.1) is 17.3 Å².